The Morgan fingerprint density at radius 2 is 1.72 bits per heavy atom. The Morgan fingerprint density at radius 3 is 2.47 bits per heavy atom. The first-order valence-electron chi connectivity index (χ1n) is 26.5. The minimum Gasteiger partial charge on any atom is -0.496 e. The molecule has 396 valence electrons. The molecule has 6 aromatic rings. The monoisotopic (exact) mass is 1040 g/mol. The first-order valence-corrected chi connectivity index (χ1v) is 28.0. The van der Waals surface area contributed by atoms with E-state index < -0.39 is 37.0 Å². The number of methoxy groups -OCH3 is 1. The van der Waals surface area contributed by atoms with Crippen molar-refractivity contribution in [3.63, 3.8) is 0 Å². The predicted octanol–water partition coefficient (Wildman–Crippen LogP) is 10.5. The smallest absolute Gasteiger partial charge is 0.293 e. The summed E-state index contributed by atoms with van der Waals surface area (Å²) in [6.45, 7) is 14.4. The van der Waals surface area contributed by atoms with Gasteiger partial charge in [-0.25, -0.2) is 18.1 Å². The van der Waals surface area contributed by atoms with E-state index in [9.17, 15) is 28.4 Å². The molecule has 2 aliphatic heterocycles. The number of hydrogen-bond acceptors (Lipinski definition) is 13. The number of aryl methyl sites for hydroxylation is 1. The summed E-state index contributed by atoms with van der Waals surface area (Å²) in [5.41, 5.74) is 5.98. The number of anilines is 2. The maximum atomic E-state index is 14.1. The highest BCUT2D eigenvalue weighted by Gasteiger charge is 2.50. The molecule has 0 unspecified atom stereocenters. The minimum absolute atomic E-state index is 0.0293. The van der Waals surface area contributed by atoms with E-state index in [1.807, 2.05) is 19.1 Å². The van der Waals surface area contributed by atoms with Gasteiger partial charge in [0.25, 0.3) is 21.6 Å². The lowest BCUT2D eigenvalue weighted by Crippen LogP contribution is -2.60. The molecule has 1 atom stereocenters. The molecule has 0 radical (unpaired) electrons. The van der Waals surface area contributed by atoms with Gasteiger partial charge >= 0.3 is 0 Å². The summed E-state index contributed by atoms with van der Waals surface area (Å²) in [5.74, 6) is 1.09. The Kier molecular flexibility index (Phi) is 14.7. The third kappa shape index (κ3) is 11.4. The molecule has 16 nitrogen and oxygen atoms in total. The molecule has 4 N–H and O–H groups in total. The number of benzene rings is 4. The molecule has 1 amide bonds. The molecular weight excluding hydrogens is 969 g/mol. The summed E-state index contributed by atoms with van der Waals surface area (Å²) < 4.78 is 42.0. The maximum absolute atomic E-state index is 14.1. The van der Waals surface area contributed by atoms with Gasteiger partial charge in [0.2, 0.25) is 0 Å². The number of ether oxygens (including phenoxy) is 2. The number of nitro groups is 1. The fourth-order valence-electron chi connectivity index (χ4n) is 12.1. The van der Waals surface area contributed by atoms with Crippen molar-refractivity contribution < 1.29 is 32.7 Å². The van der Waals surface area contributed by atoms with Crippen molar-refractivity contribution in [2.75, 3.05) is 56.6 Å². The Morgan fingerprint density at radius 1 is 0.947 bits per heavy atom. The highest BCUT2D eigenvalue weighted by atomic mass is 32.2. The van der Waals surface area contributed by atoms with Crippen LogP contribution in [0.25, 0.3) is 11.0 Å². The minimum atomic E-state index is -4.59. The van der Waals surface area contributed by atoms with E-state index in [2.05, 4.69) is 97.9 Å². The fraction of sp³-hybridized carbons (Fsp3) is 0.448. The molecule has 4 aliphatic rings. The largest absolute Gasteiger partial charge is 0.496 e. The van der Waals surface area contributed by atoms with Crippen LogP contribution in [0.4, 0.5) is 17.1 Å². The second kappa shape index (κ2) is 21.2. The van der Waals surface area contributed by atoms with Gasteiger partial charge in [0.1, 0.15) is 28.6 Å². The first kappa shape index (κ1) is 51.9. The molecule has 10 rings (SSSR count). The van der Waals surface area contributed by atoms with Crippen LogP contribution >= 0.6 is 0 Å². The molecule has 2 aliphatic carbocycles. The molecule has 75 heavy (non-hydrogen) atoms. The molecule has 2 aromatic heterocycles. The van der Waals surface area contributed by atoms with Crippen molar-refractivity contribution in [3.05, 3.63) is 141 Å². The number of nitrogens with zero attached hydrogens (tertiary/aromatic N) is 5. The number of amides is 1. The van der Waals surface area contributed by atoms with Crippen molar-refractivity contribution in [2.45, 2.75) is 114 Å². The SMILES string of the molecule is COc1cc(CN2CCN(C3CC4(CCN(c5ccc(C(=O)NS(=O)(=O)c6ccc(NC[C@H]7CC[C@](C)(O)CC7)c([N+](=O)[O-])c6)c(Oc6cnc7[nH]ccc7c6)c5)CC4)C3)[C@H](c3ccccc3C(C)C)C2)ccc1C. The maximum Gasteiger partial charge on any atom is 0.293 e. The lowest BCUT2D eigenvalue weighted by atomic mass is 9.59. The quantitative estimate of drug-likeness (QED) is 0.0529. The first-order chi connectivity index (χ1) is 35.9. The highest BCUT2D eigenvalue weighted by molar-refractivity contribution is 7.90. The number of rotatable bonds is 16. The van der Waals surface area contributed by atoms with E-state index in [0.717, 1.165) is 106 Å². The zero-order chi connectivity index (χ0) is 52.6. The summed E-state index contributed by atoms with van der Waals surface area (Å²) in [6, 6.07) is 28.7. The second-order valence-electron chi connectivity index (χ2n) is 22.2. The van der Waals surface area contributed by atoms with Crippen LogP contribution in [0.2, 0.25) is 0 Å². The normalized spacial score (nSPS) is 21.5. The lowest BCUT2D eigenvalue weighted by molar-refractivity contribution is -0.384. The Bertz CT molecular complexity index is 3170. The summed E-state index contributed by atoms with van der Waals surface area (Å²) in [4.78, 5) is 40.6. The predicted molar refractivity (Wildman–Crippen MR) is 291 cm³/mol. The summed E-state index contributed by atoms with van der Waals surface area (Å²) in [6.07, 6.45) is 10.4. The van der Waals surface area contributed by atoms with Crippen LogP contribution in [0.15, 0.2) is 108 Å². The van der Waals surface area contributed by atoms with E-state index in [1.54, 1.807) is 37.7 Å². The molecule has 4 aromatic carbocycles. The molecule has 1 spiro atoms. The van der Waals surface area contributed by atoms with Gasteiger partial charge in [0.15, 0.2) is 0 Å². The van der Waals surface area contributed by atoms with Gasteiger partial charge in [0, 0.05) is 87.3 Å². The van der Waals surface area contributed by atoms with Crippen molar-refractivity contribution in [1.29, 1.82) is 0 Å². The number of piperazine rings is 1. The zero-order valence-electron chi connectivity index (χ0n) is 43.7. The van der Waals surface area contributed by atoms with Crippen molar-refractivity contribution in [1.82, 2.24) is 24.5 Å². The van der Waals surface area contributed by atoms with Crippen LogP contribution in [0, 0.1) is 28.4 Å². The molecule has 2 saturated heterocycles. The van der Waals surface area contributed by atoms with Crippen LogP contribution in [-0.2, 0) is 16.6 Å². The van der Waals surface area contributed by atoms with Crippen LogP contribution in [-0.4, -0.2) is 102 Å². The number of hydrogen-bond donors (Lipinski definition) is 4. The molecule has 4 heterocycles. The number of sulfonamides is 1. The molecule has 17 heteroatoms. The number of H-pyrrole nitrogens is 1. The number of aromatic amines is 1. The topological polar surface area (TPSA) is 195 Å². The van der Waals surface area contributed by atoms with Gasteiger partial charge < -0.3 is 29.8 Å². The number of pyridine rings is 1. The second-order valence-corrected chi connectivity index (χ2v) is 23.9. The van der Waals surface area contributed by atoms with Gasteiger partial charge in [-0.05, 0) is 147 Å². The van der Waals surface area contributed by atoms with E-state index in [-0.39, 0.29) is 34.4 Å². The summed E-state index contributed by atoms with van der Waals surface area (Å²) in [7, 11) is -2.85. The van der Waals surface area contributed by atoms with Gasteiger partial charge in [0.05, 0.1) is 34.3 Å². The van der Waals surface area contributed by atoms with Crippen LogP contribution in [0.1, 0.15) is 117 Å². The number of carbonyl (C=O) groups is 1. The van der Waals surface area contributed by atoms with Gasteiger partial charge in [-0.2, -0.15) is 0 Å². The van der Waals surface area contributed by atoms with E-state index in [4.69, 9.17) is 9.47 Å². The molecule has 2 saturated carbocycles. The van der Waals surface area contributed by atoms with Crippen molar-refractivity contribution in [2.24, 2.45) is 11.3 Å². The van der Waals surface area contributed by atoms with Crippen LogP contribution < -0.4 is 24.4 Å². The fourth-order valence-corrected chi connectivity index (χ4v) is 13.1. The third-order valence-electron chi connectivity index (χ3n) is 16.6. The Balaban J connectivity index is 0.832. The number of carbonyl (C=O) groups excluding carboxylic acids is 1. The average Bonchev–Trinajstić information content (AvgIpc) is 3.86. The average molecular weight is 1040 g/mol. The van der Waals surface area contributed by atoms with Crippen LogP contribution in [0.3, 0.4) is 0 Å². The van der Waals surface area contributed by atoms with Gasteiger partial charge in [-0.1, -0.05) is 50.2 Å². The van der Waals surface area contributed by atoms with Gasteiger partial charge in [-0.15, -0.1) is 0 Å². The Labute approximate surface area is 440 Å². The van der Waals surface area contributed by atoms with Gasteiger partial charge in [-0.3, -0.25) is 24.7 Å². The zero-order valence-corrected chi connectivity index (χ0v) is 44.5. The Hall–Kier alpha value is -6.53. The van der Waals surface area contributed by atoms with E-state index >= 15 is 0 Å². The van der Waals surface area contributed by atoms with E-state index in [0.29, 0.717) is 42.7 Å². The third-order valence-corrected chi connectivity index (χ3v) is 18.0. The van der Waals surface area contributed by atoms with Crippen LogP contribution in [0.5, 0.6) is 17.2 Å². The molecule has 4 fully saturated rings. The summed E-state index contributed by atoms with van der Waals surface area (Å²) in [5, 5.41) is 26.5. The number of aromatic nitrogens is 2. The van der Waals surface area contributed by atoms with Crippen molar-refractivity contribution >= 4 is 44.0 Å². The van der Waals surface area contributed by atoms with E-state index in [1.165, 1.54) is 28.8 Å². The van der Waals surface area contributed by atoms with Crippen molar-refractivity contribution in [3.8, 4) is 17.2 Å². The number of piperidine rings is 1. The number of nitro benzene ring substituents is 1. The number of nitrogens with one attached hydrogen (secondary N) is 3. The number of fused-ring (bicyclic) bond motifs is 1. The summed E-state index contributed by atoms with van der Waals surface area (Å²) >= 11 is 0. The highest BCUT2D eigenvalue weighted by Crippen LogP contribution is 2.53. The lowest BCUT2D eigenvalue weighted by Gasteiger charge is -2.58. The molecular formula is C58H70N8O8S. The number of aliphatic hydroxyl groups is 1. The molecule has 0 bridgehead atoms. The standard InChI is InChI=1S/C58H70N8O8S/c1-38(2)47-8-6-7-9-48(47)52-37-63(36-41-11-10-39(3)53(28-41)73-5)26-27-65(52)44-32-58(33-44)21-24-64(25-22-58)43-12-14-49(54(30-43)74-45-29-42-18-23-59-55(42)61-35-45)56(67)62-75(71,72)46-13-15-50(51(31-46)66(69)70)60-34-40-16-19-57(4,68)20-17-40/h6-15,18,23,28-31,35,38,40,44,52,60,68H,16-17,19-22,24-27,32-34,36-37H2,1-5H3,(H,59,61)(H,62,67)/t40-,52-,57-/m0/s1.